The van der Waals surface area contributed by atoms with E-state index in [1.54, 1.807) is 0 Å². The molecule has 0 aromatic heterocycles. The molecule has 2 rings (SSSR count). The highest BCUT2D eigenvalue weighted by Gasteiger charge is 2.18. The maximum Gasteiger partial charge on any atom is 0.335 e. The van der Waals surface area contributed by atoms with Crippen LogP contribution < -0.4 is 5.32 Å². The predicted octanol–water partition coefficient (Wildman–Crippen LogP) is 3.17. The Morgan fingerprint density at radius 2 is 1.89 bits per heavy atom. The molecule has 0 spiro atoms. The summed E-state index contributed by atoms with van der Waals surface area (Å²) in [6, 6.07) is 10.2. The minimum atomic E-state index is -0.183. The molecule has 1 N–H and O–H groups in total. The van der Waals surface area contributed by atoms with Crippen LogP contribution >= 0.6 is 0 Å². The summed E-state index contributed by atoms with van der Waals surface area (Å²) in [6.45, 7) is 0.761. The van der Waals surface area contributed by atoms with Crippen LogP contribution in [0, 0.1) is 0 Å². The van der Waals surface area contributed by atoms with E-state index in [4.69, 9.17) is 4.74 Å². The van der Waals surface area contributed by atoms with Gasteiger partial charge in [0.1, 0.15) is 0 Å². The monoisotopic (exact) mass is 259 g/mol. The number of hydrogen-bond acceptors (Lipinski definition) is 3. The summed E-state index contributed by atoms with van der Waals surface area (Å²) in [5, 5.41) is 3.42. The molecule has 1 aromatic carbocycles. The molecule has 0 bridgehead atoms. The van der Waals surface area contributed by atoms with Crippen molar-refractivity contribution in [1.29, 1.82) is 0 Å². The third-order valence-corrected chi connectivity index (χ3v) is 3.50. The van der Waals surface area contributed by atoms with Crippen molar-refractivity contribution in [3.8, 4) is 0 Å². The summed E-state index contributed by atoms with van der Waals surface area (Å²) in [5.41, 5.74) is 3.12. The van der Waals surface area contributed by atoms with Crippen LogP contribution in [-0.2, 0) is 16.1 Å². The van der Waals surface area contributed by atoms with Gasteiger partial charge in [-0.05, 0) is 31.2 Å². The molecule has 0 heterocycles. The van der Waals surface area contributed by atoms with Crippen molar-refractivity contribution in [2.75, 3.05) is 7.11 Å². The van der Waals surface area contributed by atoms with Crippen molar-refractivity contribution >= 4 is 5.97 Å². The number of methoxy groups -OCH3 is 1. The van der Waals surface area contributed by atoms with Gasteiger partial charge in [-0.1, -0.05) is 36.8 Å². The number of benzene rings is 1. The lowest BCUT2D eigenvalue weighted by Gasteiger charge is -2.14. The summed E-state index contributed by atoms with van der Waals surface area (Å²) in [5.74, 6) is -0.183. The maximum absolute atomic E-state index is 11.8. The van der Waals surface area contributed by atoms with Gasteiger partial charge in [-0.25, -0.2) is 4.79 Å². The SMILES string of the molecule is COC(=O)C1=C(NCc2ccccc2)CCCCC1. The van der Waals surface area contributed by atoms with Gasteiger partial charge in [0.05, 0.1) is 12.7 Å². The summed E-state index contributed by atoms with van der Waals surface area (Å²) in [4.78, 5) is 11.8. The molecule has 3 nitrogen and oxygen atoms in total. The summed E-state index contributed by atoms with van der Waals surface area (Å²) in [7, 11) is 1.45. The van der Waals surface area contributed by atoms with Gasteiger partial charge >= 0.3 is 5.97 Å². The van der Waals surface area contributed by atoms with Gasteiger partial charge in [0, 0.05) is 12.2 Å². The highest BCUT2D eigenvalue weighted by atomic mass is 16.5. The van der Waals surface area contributed by atoms with Crippen LogP contribution in [-0.4, -0.2) is 13.1 Å². The Hall–Kier alpha value is -1.77. The van der Waals surface area contributed by atoms with Crippen molar-refractivity contribution in [2.45, 2.75) is 38.6 Å². The molecule has 1 aliphatic carbocycles. The highest BCUT2D eigenvalue weighted by Crippen LogP contribution is 2.23. The van der Waals surface area contributed by atoms with Crippen LogP contribution in [0.1, 0.15) is 37.7 Å². The minimum absolute atomic E-state index is 0.183. The molecule has 1 aromatic rings. The Labute approximate surface area is 114 Å². The number of nitrogens with one attached hydrogen (secondary N) is 1. The zero-order valence-electron chi connectivity index (χ0n) is 11.4. The predicted molar refractivity (Wildman–Crippen MR) is 75.4 cm³/mol. The standard InChI is InChI=1S/C16H21NO2/c1-19-16(18)14-10-6-3-7-11-15(14)17-12-13-8-4-2-5-9-13/h2,4-5,8-9,17H,3,6-7,10-12H2,1H3. The number of allylic oxidation sites excluding steroid dienone is 1. The van der Waals surface area contributed by atoms with Crippen LogP contribution in [0.2, 0.25) is 0 Å². The second-order valence-electron chi connectivity index (χ2n) is 4.85. The summed E-state index contributed by atoms with van der Waals surface area (Å²) >= 11 is 0. The molecule has 1 aliphatic rings. The zero-order chi connectivity index (χ0) is 13.5. The van der Waals surface area contributed by atoms with E-state index < -0.39 is 0 Å². The first-order valence-electron chi connectivity index (χ1n) is 6.89. The average molecular weight is 259 g/mol. The van der Waals surface area contributed by atoms with Gasteiger partial charge in [-0.3, -0.25) is 0 Å². The zero-order valence-corrected chi connectivity index (χ0v) is 11.4. The van der Waals surface area contributed by atoms with Gasteiger partial charge in [-0.2, -0.15) is 0 Å². The second-order valence-corrected chi connectivity index (χ2v) is 4.85. The smallest absolute Gasteiger partial charge is 0.335 e. The third kappa shape index (κ3) is 3.85. The number of hydrogen-bond donors (Lipinski definition) is 1. The number of carbonyl (C=O) groups excluding carboxylic acids is 1. The van der Waals surface area contributed by atoms with E-state index >= 15 is 0 Å². The normalized spacial score (nSPS) is 15.8. The average Bonchev–Trinajstić information content (AvgIpc) is 2.70. The quantitative estimate of drug-likeness (QED) is 0.844. The van der Waals surface area contributed by atoms with Crippen LogP contribution in [0.4, 0.5) is 0 Å². The molecule has 0 fully saturated rings. The largest absolute Gasteiger partial charge is 0.466 e. The van der Waals surface area contributed by atoms with E-state index in [0.717, 1.165) is 43.5 Å². The molecule has 3 heteroatoms. The molecule has 0 aliphatic heterocycles. The Morgan fingerprint density at radius 1 is 1.16 bits per heavy atom. The topological polar surface area (TPSA) is 38.3 Å². The minimum Gasteiger partial charge on any atom is -0.466 e. The number of carbonyl (C=O) groups is 1. The molecule has 0 saturated carbocycles. The first-order chi connectivity index (χ1) is 9.31. The lowest BCUT2D eigenvalue weighted by Crippen LogP contribution is -2.18. The van der Waals surface area contributed by atoms with E-state index in [1.165, 1.54) is 19.1 Å². The van der Waals surface area contributed by atoms with Crippen LogP contribution in [0.25, 0.3) is 0 Å². The number of rotatable bonds is 4. The van der Waals surface area contributed by atoms with Crippen molar-refractivity contribution < 1.29 is 9.53 Å². The molecule has 0 unspecified atom stereocenters. The molecule has 102 valence electrons. The number of ether oxygens (including phenoxy) is 1. The highest BCUT2D eigenvalue weighted by molar-refractivity contribution is 5.89. The second kappa shape index (κ2) is 6.98. The Kier molecular flexibility index (Phi) is 5.01. The van der Waals surface area contributed by atoms with E-state index in [9.17, 15) is 4.79 Å². The molecule has 0 amide bonds. The fourth-order valence-corrected chi connectivity index (χ4v) is 2.43. The summed E-state index contributed by atoms with van der Waals surface area (Å²) in [6.07, 6.45) is 5.15. The van der Waals surface area contributed by atoms with Crippen LogP contribution in [0.15, 0.2) is 41.6 Å². The fraction of sp³-hybridized carbons (Fsp3) is 0.438. The van der Waals surface area contributed by atoms with Crippen molar-refractivity contribution in [3.63, 3.8) is 0 Å². The van der Waals surface area contributed by atoms with Crippen molar-refractivity contribution in [2.24, 2.45) is 0 Å². The van der Waals surface area contributed by atoms with Gasteiger partial charge in [0.2, 0.25) is 0 Å². The van der Waals surface area contributed by atoms with Crippen molar-refractivity contribution in [3.05, 3.63) is 47.2 Å². The number of esters is 1. The first kappa shape index (κ1) is 13.7. The fourth-order valence-electron chi connectivity index (χ4n) is 2.43. The maximum atomic E-state index is 11.8. The van der Waals surface area contributed by atoms with Gasteiger partial charge < -0.3 is 10.1 Å². The van der Waals surface area contributed by atoms with Crippen LogP contribution in [0.5, 0.6) is 0 Å². The third-order valence-electron chi connectivity index (χ3n) is 3.50. The van der Waals surface area contributed by atoms with E-state index in [0.29, 0.717) is 0 Å². The lowest BCUT2D eigenvalue weighted by atomic mass is 10.1. The Morgan fingerprint density at radius 3 is 2.63 bits per heavy atom. The molecule has 0 radical (unpaired) electrons. The molecular weight excluding hydrogens is 238 g/mol. The molecule has 19 heavy (non-hydrogen) atoms. The Balaban J connectivity index is 2.08. The van der Waals surface area contributed by atoms with Crippen molar-refractivity contribution in [1.82, 2.24) is 5.32 Å². The summed E-state index contributed by atoms with van der Waals surface area (Å²) < 4.78 is 4.89. The van der Waals surface area contributed by atoms with E-state index in [-0.39, 0.29) is 5.97 Å². The molecule has 0 atom stereocenters. The first-order valence-corrected chi connectivity index (χ1v) is 6.89. The Bertz CT molecular complexity index is 451. The van der Waals surface area contributed by atoms with Gasteiger partial charge in [-0.15, -0.1) is 0 Å². The van der Waals surface area contributed by atoms with E-state index in [1.807, 2.05) is 18.2 Å². The van der Waals surface area contributed by atoms with Gasteiger partial charge in [0.25, 0.3) is 0 Å². The van der Waals surface area contributed by atoms with E-state index in [2.05, 4.69) is 17.4 Å². The lowest BCUT2D eigenvalue weighted by molar-refractivity contribution is -0.136. The molecular formula is C16H21NO2. The molecule has 0 saturated heterocycles. The van der Waals surface area contributed by atoms with Gasteiger partial charge in [0.15, 0.2) is 0 Å². The van der Waals surface area contributed by atoms with Crippen LogP contribution in [0.3, 0.4) is 0 Å².